The molecule has 0 aliphatic heterocycles. The molecule has 0 amide bonds. The first-order valence-corrected chi connectivity index (χ1v) is 12.6. The Balaban J connectivity index is 2.38. The molecule has 3 heteroatoms. The molecular weight excluding hydrogens is 339 g/mol. The highest BCUT2D eigenvalue weighted by Crippen LogP contribution is 2.55. The van der Waals surface area contributed by atoms with E-state index in [-0.39, 0.29) is 21.9 Å². The molecule has 0 aromatic rings. The van der Waals surface area contributed by atoms with E-state index >= 15 is 0 Å². The van der Waals surface area contributed by atoms with Gasteiger partial charge in [-0.15, -0.1) is 22.2 Å². The maximum Gasteiger partial charge on any atom is 0.272 e. The number of hydrogen-bond acceptors (Lipinski definition) is 0. The molecule has 0 saturated carbocycles. The SMILES string of the molecule is CC1=CC(C(C)(C)C)=CC1[Si](Cl)(Cl)C1C=C(C(C)(C)C)C=C1C. The summed E-state index contributed by atoms with van der Waals surface area (Å²) in [4.78, 5) is 0. The van der Waals surface area contributed by atoms with Crippen LogP contribution in [-0.2, 0) is 0 Å². The van der Waals surface area contributed by atoms with Crippen LogP contribution in [0.1, 0.15) is 55.4 Å². The molecule has 0 spiro atoms. The van der Waals surface area contributed by atoms with E-state index in [4.69, 9.17) is 22.2 Å². The Kier molecular flexibility index (Phi) is 4.92. The van der Waals surface area contributed by atoms with Crippen LogP contribution in [0.4, 0.5) is 0 Å². The highest BCUT2D eigenvalue weighted by molar-refractivity contribution is 7.47. The minimum Gasteiger partial charge on any atom is -0.144 e. The Morgan fingerprint density at radius 1 is 0.739 bits per heavy atom. The summed E-state index contributed by atoms with van der Waals surface area (Å²) in [6, 6.07) is 0. The zero-order valence-electron chi connectivity index (χ0n) is 15.7. The predicted molar refractivity (Wildman–Crippen MR) is 108 cm³/mol. The minimum absolute atomic E-state index is 0.140. The molecule has 23 heavy (non-hydrogen) atoms. The van der Waals surface area contributed by atoms with Crippen LogP contribution in [0, 0.1) is 10.8 Å². The van der Waals surface area contributed by atoms with Gasteiger partial charge in [-0.1, -0.05) is 77.0 Å². The first-order valence-electron chi connectivity index (χ1n) is 8.43. The quantitative estimate of drug-likeness (QED) is 0.349. The van der Waals surface area contributed by atoms with Gasteiger partial charge < -0.3 is 0 Å². The Labute approximate surface area is 152 Å². The normalized spacial score (nSPS) is 26.0. The second-order valence-corrected chi connectivity index (χ2v) is 16.1. The first kappa shape index (κ1) is 19.1. The zero-order valence-corrected chi connectivity index (χ0v) is 18.2. The average molecular weight is 369 g/mol. The second kappa shape index (κ2) is 5.93. The Hall–Kier alpha value is -0.243. The lowest BCUT2D eigenvalue weighted by Gasteiger charge is -2.30. The lowest BCUT2D eigenvalue weighted by molar-refractivity contribution is 0.517. The Morgan fingerprint density at radius 3 is 1.26 bits per heavy atom. The topological polar surface area (TPSA) is 0 Å². The van der Waals surface area contributed by atoms with Gasteiger partial charge in [-0.2, -0.15) is 0 Å². The molecule has 2 rings (SSSR count). The molecular formula is C20H30Cl2Si. The van der Waals surface area contributed by atoms with E-state index in [1.165, 1.54) is 22.3 Å². The van der Waals surface area contributed by atoms with Crippen LogP contribution in [0.25, 0.3) is 0 Å². The fraction of sp³-hybridized carbons (Fsp3) is 0.600. The predicted octanol–water partition coefficient (Wildman–Crippen LogP) is 7.51. The third kappa shape index (κ3) is 3.72. The lowest BCUT2D eigenvalue weighted by Crippen LogP contribution is -2.32. The van der Waals surface area contributed by atoms with Crippen molar-refractivity contribution in [2.24, 2.45) is 10.8 Å². The standard InChI is InChI=1S/C20H30Cl2Si/c1-13-9-15(19(3,4)5)11-17(13)23(21,22)18-12-16(10-14(18)2)20(6,7)8/h9-12,17-18H,1-8H3. The molecule has 0 radical (unpaired) electrons. The van der Waals surface area contributed by atoms with Gasteiger partial charge >= 0.3 is 0 Å². The van der Waals surface area contributed by atoms with Gasteiger partial charge in [0.15, 0.2) is 0 Å². The highest BCUT2D eigenvalue weighted by atomic mass is 35.7. The average Bonchev–Trinajstić information content (AvgIpc) is 2.91. The van der Waals surface area contributed by atoms with Crippen molar-refractivity contribution in [1.29, 1.82) is 0 Å². The molecule has 0 N–H and O–H groups in total. The molecule has 0 bridgehead atoms. The molecule has 2 atom stereocenters. The van der Waals surface area contributed by atoms with Crippen LogP contribution >= 0.6 is 22.2 Å². The summed E-state index contributed by atoms with van der Waals surface area (Å²) in [5.74, 6) is 0. The Bertz CT molecular complexity index is 565. The third-order valence-corrected chi connectivity index (χ3v) is 10.7. The van der Waals surface area contributed by atoms with Crippen molar-refractivity contribution in [3.8, 4) is 0 Å². The first-order chi connectivity index (χ1) is 10.2. The summed E-state index contributed by atoms with van der Waals surface area (Å²) in [6.07, 6.45) is 9.24. The molecule has 2 unspecified atom stereocenters. The zero-order chi connectivity index (χ0) is 17.8. The van der Waals surface area contributed by atoms with E-state index in [2.05, 4.69) is 79.7 Å². The van der Waals surface area contributed by atoms with Crippen LogP contribution in [0.5, 0.6) is 0 Å². The molecule has 0 heterocycles. The maximum absolute atomic E-state index is 7.10. The van der Waals surface area contributed by atoms with E-state index in [1.807, 2.05) is 0 Å². The molecule has 128 valence electrons. The molecule has 0 saturated heterocycles. The largest absolute Gasteiger partial charge is 0.272 e. The van der Waals surface area contributed by atoms with Gasteiger partial charge in [-0.05, 0) is 35.8 Å². The van der Waals surface area contributed by atoms with Crippen molar-refractivity contribution in [3.05, 3.63) is 46.6 Å². The summed E-state index contributed by atoms with van der Waals surface area (Å²) in [6.45, 7) is 15.3. The fourth-order valence-electron chi connectivity index (χ4n) is 3.34. The fourth-order valence-corrected chi connectivity index (χ4v) is 8.74. The number of rotatable bonds is 2. The Morgan fingerprint density at radius 2 is 1.04 bits per heavy atom. The lowest BCUT2D eigenvalue weighted by atomic mass is 9.87. The molecule has 2 aliphatic rings. The summed E-state index contributed by atoms with van der Waals surface area (Å²) < 4.78 is 0. The van der Waals surface area contributed by atoms with Crippen molar-refractivity contribution in [1.82, 2.24) is 0 Å². The highest BCUT2D eigenvalue weighted by Gasteiger charge is 2.49. The van der Waals surface area contributed by atoms with Gasteiger partial charge in [0.2, 0.25) is 0 Å². The summed E-state index contributed by atoms with van der Waals surface area (Å²) in [5.41, 5.74) is 6.03. The number of hydrogen-bond donors (Lipinski definition) is 0. The summed E-state index contributed by atoms with van der Waals surface area (Å²) in [7, 11) is 0. The van der Waals surface area contributed by atoms with Crippen molar-refractivity contribution in [3.63, 3.8) is 0 Å². The van der Waals surface area contributed by atoms with E-state index in [0.29, 0.717) is 0 Å². The second-order valence-electron chi connectivity index (χ2n) is 9.15. The van der Waals surface area contributed by atoms with Crippen LogP contribution in [0.3, 0.4) is 0 Å². The molecule has 0 aromatic heterocycles. The minimum atomic E-state index is -2.55. The van der Waals surface area contributed by atoms with Gasteiger partial charge in [0, 0.05) is 11.1 Å². The van der Waals surface area contributed by atoms with E-state index in [1.54, 1.807) is 0 Å². The summed E-state index contributed by atoms with van der Waals surface area (Å²) in [5, 5.41) is 0. The van der Waals surface area contributed by atoms with Crippen LogP contribution < -0.4 is 0 Å². The van der Waals surface area contributed by atoms with Crippen LogP contribution in [-0.4, -0.2) is 6.69 Å². The van der Waals surface area contributed by atoms with Gasteiger partial charge in [-0.25, -0.2) is 0 Å². The van der Waals surface area contributed by atoms with Gasteiger partial charge in [0.1, 0.15) is 0 Å². The number of allylic oxidation sites excluding steroid dienone is 8. The molecule has 2 aliphatic carbocycles. The van der Waals surface area contributed by atoms with Crippen molar-refractivity contribution in [2.75, 3.05) is 0 Å². The molecule has 0 fully saturated rings. The van der Waals surface area contributed by atoms with Crippen LogP contribution in [0.2, 0.25) is 11.1 Å². The van der Waals surface area contributed by atoms with E-state index in [0.717, 1.165) is 0 Å². The van der Waals surface area contributed by atoms with Crippen molar-refractivity contribution < 1.29 is 0 Å². The monoisotopic (exact) mass is 368 g/mol. The number of halogens is 2. The van der Waals surface area contributed by atoms with Crippen molar-refractivity contribution >= 4 is 28.9 Å². The van der Waals surface area contributed by atoms with Gasteiger partial charge in [0.05, 0.1) is 0 Å². The van der Waals surface area contributed by atoms with E-state index in [9.17, 15) is 0 Å². The molecule has 0 nitrogen and oxygen atoms in total. The third-order valence-electron chi connectivity index (χ3n) is 5.00. The maximum atomic E-state index is 7.10. The van der Waals surface area contributed by atoms with Gasteiger partial charge in [0.25, 0.3) is 6.69 Å². The van der Waals surface area contributed by atoms with Gasteiger partial charge in [-0.3, -0.25) is 0 Å². The molecule has 0 aromatic carbocycles. The van der Waals surface area contributed by atoms with Crippen LogP contribution in [0.15, 0.2) is 46.6 Å². The summed E-state index contributed by atoms with van der Waals surface area (Å²) >= 11 is 14.2. The van der Waals surface area contributed by atoms with Crippen molar-refractivity contribution in [2.45, 2.75) is 66.5 Å². The smallest absolute Gasteiger partial charge is 0.144 e. The van der Waals surface area contributed by atoms with E-state index < -0.39 is 6.69 Å².